The number of sulfonamides is 1. The van der Waals surface area contributed by atoms with Gasteiger partial charge in [-0.15, -0.1) is 0 Å². The maximum atomic E-state index is 14.5. The van der Waals surface area contributed by atoms with E-state index in [1.54, 1.807) is 30.3 Å². The van der Waals surface area contributed by atoms with Crippen molar-refractivity contribution in [2.75, 3.05) is 17.9 Å². The first-order valence-electron chi connectivity index (χ1n) is 11.9. The van der Waals surface area contributed by atoms with E-state index in [1.807, 2.05) is 26.8 Å². The van der Waals surface area contributed by atoms with Crippen LogP contribution in [0.5, 0.6) is 0 Å². The van der Waals surface area contributed by atoms with Crippen LogP contribution in [-0.2, 0) is 26.2 Å². The fraction of sp³-hybridized carbons (Fsp3) is 0.286. The molecule has 0 aliphatic carbocycles. The van der Waals surface area contributed by atoms with Crippen LogP contribution >= 0.6 is 0 Å². The Morgan fingerprint density at radius 1 is 0.919 bits per heavy atom. The van der Waals surface area contributed by atoms with E-state index >= 15 is 0 Å². The third-order valence-corrected chi connectivity index (χ3v) is 7.88. The van der Waals surface area contributed by atoms with Gasteiger partial charge in [0.1, 0.15) is 18.4 Å². The number of nitrogens with one attached hydrogen (secondary N) is 1. The van der Waals surface area contributed by atoms with Crippen LogP contribution in [0.1, 0.15) is 29.2 Å². The number of aryl methyl sites for hydroxylation is 3. The Kier molecular flexibility index (Phi) is 8.70. The molecule has 9 heteroatoms. The molecule has 0 aliphatic rings. The molecule has 0 radical (unpaired) electrons. The molecule has 0 fully saturated rings. The molecule has 0 spiro atoms. The number of likely N-dealkylation sites (N-methyl/N-ethyl adjacent to an activating group) is 1. The van der Waals surface area contributed by atoms with Crippen LogP contribution in [0.2, 0.25) is 0 Å². The number of carbonyl (C=O) groups excluding carboxylic acids is 2. The third kappa shape index (κ3) is 6.54. The highest BCUT2D eigenvalue weighted by atomic mass is 32.2. The highest BCUT2D eigenvalue weighted by Crippen LogP contribution is 2.27. The number of nitrogens with zero attached hydrogens (tertiary/aromatic N) is 2. The average Bonchev–Trinajstić information content (AvgIpc) is 2.85. The van der Waals surface area contributed by atoms with Gasteiger partial charge in [-0.25, -0.2) is 12.8 Å². The first kappa shape index (κ1) is 27.9. The van der Waals surface area contributed by atoms with Gasteiger partial charge >= 0.3 is 0 Å². The van der Waals surface area contributed by atoms with Crippen molar-refractivity contribution in [2.24, 2.45) is 0 Å². The molecule has 0 saturated carbocycles. The minimum Gasteiger partial charge on any atom is -0.357 e. The van der Waals surface area contributed by atoms with E-state index < -0.39 is 40.2 Å². The summed E-state index contributed by atoms with van der Waals surface area (Å²) < 4.78 is 43.1. The van der Waals surface area contributed by atoms with Crippen LogP contribution in [0, 0.1) is 26.6 Å². The van der Waals surface area contributed by atoms with Gasteiger partial charge in [-0.3, -0.25) is 13.9 Å². The van der Waals surface area contributed by atoms with Gasteiger partial charge in [-0.1, -0.05) is 42.0 Å². The van der Waals surface area contributed by atoms with E-state index in [0.717, 1.165) is 21.0 Å². The van der Waals surface area contributed by atoms with Crippen molar-refractivity contribution >= 4 is 27.5 Å². The number of benzene rings is 3. The Bertz CT molecular complexity index is 1370. The number of rotatable bonds is 9. The third-order valence-electron chi connectivity index (χ3n) is 6.09. The summed E-state index contributed by atoms with van der Waals surface area (Å²) in [6.07, 6.45) is 0. The average molecular weight is 526 g/mol. The predicted molar refractivity (Wildman–Crippen MR) is 142 cm³/mol. The van der Waals surface area contributed by atoms with E-state index in [-0.39, 0.29) is 17.0 Å². The monoisotopic (exact) mass is 525 g/mol. The second kappa shape index (κ2) is 11.6. The molecular formula is C28H32FN3O4S. The molecule has 3 rings (SSSR count). The van der Waals surface area contributed by atoms with Crippen molar-refractivity contribution in [3.8, 4) is 0 Å². The Balaban J connectivity index is 2.08. The summed E-state index contributed by atoms with van der Waals surface area (Å²) in [5.74, 6) is -1.62. The molecule has 0 aromatic heterocycles. The quantitative estimate of drug-likeness (QED) is 0.456. The normalized spacial score (nSPS) is 12.1. The Hall–Kier alpha value is -3.72. The molecule has 7 nitrogen and oxygen atoms in total. The van der Waals surface area contributed by atoms with Gasteiger partial charge in [0, 0.05) is 19.2 Å². The zero-order valence-corrected chi connectivity index (χ0v) is 22.5. The lowest BCUT2D eigenvalue weighted by Gasteiger charge is -2.32. The van der Waals surface area contributed by atoms with Gasteiger partial charge < -0.3 is 10.2 Å². The largest absolute Gasteiger partial charge is 0.357 e. The second-order valence-electron chi connectivity index (χ2n) is 9.07. The molecular weight excluding hydrogens is 493 g/mol. The molecule has 0 aliphatic heterocycles. The van der Waals surface area contributed by atoms with Gasteiger partial charge in [0.2, 0.25) is 11.8 Å². The summed E-state index contributed by atoms with van der Waals surface area (Å²) in [5, 5.41) is 2.50. The molecule has 0 bridgehead atoms. The highest BCUT2D eigenvalue weighted by Gasteiger charge is 2.32. The summed E-state index contributed by atoms with van der Waals surface area (Å²) in [4.78, 5) is 27.4. The van der Waals surface area contributed by atoms with Crippen molar-refractivity contribution in [2.45, 2.75) is 45.2 Å². The zero-order valence-electron chi connectivity index (χ0n) is 21.7. The molecule has 196 valence electrons. The SMILES string of the molecule is CNC(=O)[C@@H](C)N(Cc1ccccc1F)C(=O)CN(c1cc(C)cc(C)c1)S(=O)(=O)c1ccc(C)cc1. The molecule has 3 aromatic rings. The van der Waals surface area contributed by atoms with Gasteiger partial charge in [0.15, 0.2) is 0 Å². The Labute approximate surface area is 218 Å². The maximum absolute atomic E-state index is 14.5. The fourth-order valence-electron chi connectivity index (χ4n) is 4.06. The van der Waals surface area contributed by atoms with E-state index in [1.165, 1.54) is 49.2 Å². The number of amides is 2. The molecule has 0 unspecified atom stereocenters. The molecule has 2 amide bonds. The summed E-state index contributed by atoms with van der Waals surface area (Å²) >= 11 is 0. The lowest BCUT2D eigenvalue weighted by atomic mass is 10.1. The molecule has 1 N–H and O–H groups in total. The molecule has 0 saturated heterocycles. The Morgan fingerprint density at radius 3 is 2.08 bits per heavy atom. The van der Waals surface area contributed by atoms with E-state index in [2.05, 4.69) is 5.32 Å². The van der Waals surface area contributed by atoms with Gasteiger partial charge in [0.25, 0.3) is 10.0 Å². The van der Waals surface area contributed by atoms with Crippen molar-refractivity contribution in [1.82, 2.24) is 10.2 Å². The van der Waals surface area contributed by atoms with E-state index in [9.17, 15) is 22.4 Å². The number of halogens is 1. The zero-order chi connectivity index (χ0) is 27.3. The maximum Gasteiger partial charge on any atom is 0.264 e. The van der Waals surface area contributed by atoms with Crippen LogP contribution in [0.15, 0.2) is 71.6 Å². The summed E-state index contributed by atoms with van der Waals surface area (Å²) in [7, 11) is -2.72. The lowest BCUT2D eigenvalue weighted by molar-refractivity contribution is -0.139. The first-order chi connectivity index (χ1) is 17.4. The first-order valence-corrected chi connectivity index (χ1v) is 13.3. The van der Waals surface area contributed by atoms with Gasteiger partial charge in [0.05, 0.1) is 10.6 Å². The predicted octanol–water partition coefficient (Wildman–Crippen LogP) is 4.11. The number of anilines is 1. The molecule has 3 aromatic carbocycles. The van der Waals surface area contributed by atoms with Crippen LogP contribution in [0.4, 0.5) is 10.1 Å². The summed E-state index contributed by atoms with van der Waals surface area (Å²) in [6.45, 7) is 6.27. The van der Waals surface area contributed by atoms with Crippen molar-refractivity contribution in [1.29, 1.82) is 0 Å². The second-order valence-corrected chi connectivity index (χ2v) is 10.9. The van der Waals surface area contributed by atoms with Gasteiger partial charge in [-0.2, -0.15) is 0 Å². The number of carbonyl (C=O) groups is 2. The lowest BCUT2D eigenvalue weighted by Crippen LogP contribution is -2.50. The Morgan fingerprint density at radius 2 is 1.51 bits per heavy atom. The van der Waals surface area contributed by atoms with Crippen molar-refractivity contribution in [3.05, 3.63) is 94.8 Å². The summed E-state index contributed by atoms with van der Waals surface area (Å²) in [5.41, 5.74) is 3.08. The summed E-state index contributed by atoms with van der Waals surface area (Å²) in [6, 6.07) is 16.6. The minimum atomic E-state index is -4.15. The molecule has 1 atom stereocenters. The topological polar surface area (TPSA) is 86.8 Å². The van der Waals surface area contributed by atoms with Crippen LogP contribution in [-0.4, -0.2) is 44.8 Å². The van der Waals surface area contributed by atoms with Gasteiger partial charge in [-0.05, 0) is 69.2 Å². The minimum absolute atomic E-state index is 0.0325. The smallest absolute Gasteiger partial charge is 0.264 e. The number of hydrogen-bond acceptors (Lipinski definition) is 4. The van der Waals surface area contributed by atoms with Crippen molar-refractivity contribution in [3.63, 3.8) is 0 Å². The molecule has 37 heavy (non-hydrogen) atoms. The van der Waals surface area contributed by atoms with Crippen LogP contribution < -0.4 is 9.62 Å². The highest BCUT2D eigenvalue weighted by molar-refractivity contribution is 7.92. The van der Waals surface area contributed by atoms with Crippen molar-refractivity contribution < 1.29 is 22.4 Å². The van der Waals surface area contributed by atoms with Crippen LogP contribution in [0.25, 0.3) is 0 Å². The van der Waals surface area contributed by atoms with E-state index in [4.69, 9.17) is 0 Å². The molecule has 0 heterocycles. The van der Waals surface area contributed by atoms with E-state index in [0.29, 0.717) is 5.69 Å². The fourth-order valence-corrected chi connectivity index (χ4v) is 5.46. The van der Waals surface area contributed by atoms with Crippen LogP contribution in [0.3, 0.4) is 0 Å². The standard InChI is InChI=1S/C28H32FN3O4S/c1-19-10-12-25(13-11-19)37(35,36)32(24-15-20(2)14-21(3)16-24)18-27(33)31(22(4)28(34)30-5)17-23-8-6-7-9-26(23)29/h6-16,22H,17-18H2,1-5H3,(H,30,34)/t22-/m1/s1. The number of hydrogen-bond donors (Lipinski definition) is 1.